The minimum absolute atomic E-state index is 0.0599. The van der Waals surface area contributed by atoms with Gasteiger partial charge in [0.1, 0.15) is 6.17 Å². The van der Waals surface area contributed by atoms with Crippen LogP contribution in [-0.4, -0.2) is 29.3 Å². The third kappa shape index (κ3) is 4.13. The predicted molar refractivity (Wildman–Crippen MR) is 108 cm³/mol. The number of fused-ring (bicyclic) bond motifs is 1. The molecule has 2 aromatic carbocycles. The van der Waals surface area contributed by atoms with Crippen LogP contribution in [-0.2, 0) is 0 Å². The number of hydrogen-bond acceptors (Lipinski definition) is 3. The molecule has 0 fully saturated rings. The predicted octanol–water partition coefficient (Wildman–Crippen LogP) is 4.05. The highest BCUT2D eigenvalue weighted by atomic mass is 16.2. The van der Waals surface area contributed by atoms with Gasteiger partial charge in [0.05, 0.1) is 0 Å². The number of nitrogens with zero attached hydrogens (tertiary/aromatic N) is 1. The Balaban J connectivity index is 1.82. The Kier molecular flexibility index (Phi) is 5.49. The van der Waals surface area contributed by atoms with Gasteiger partial charge < -0.3 is 15.5 Å². The molecule has 3 rings (SSSR count). The topological polar surface area (TPSA) is 61.4 Å². The van der Waals surface area contributed by atoms with E-state index in [1.165, 1.54) is 0 Å². The van der Waals surface area contributed by atoms with Crippen molar-refractivity contribution < 1.29 is 9.59 Å². The first kappa shape index (κ1) is 19.0. The molecule has 0 saturated carbocycles. The van der Waals surface area contributed by atoms with E-state index in [9.17, 15) is 9.59 Å². The number of carbonyl (C=O) groups excluding carboxylic acids is 2. The third-order valence-corrected chi connectivity index (χ3v) is 4.49. The van der Waals surface area contributed by atoms with Crippen LogP contribution in [0.25, 0.3) is 0 Å². The Bertz CT molecular complexity index is 828. The minimum Gasteiger partial charge on any atom is -0.361 e. The molecule has 2 aromatic rings. The summed E-state index contributed by atoms with van der Waals surface area (Å²) < 4.78 is 0. The van der Waals surface area contributed by atoms with Crippen LogP contribution in [0.3, 0.4) is 0 Å². The van der Waals surface area contributed by atoms with E-state index in [4.69, 9.17) is 0 Å². The Labute approximate surface area is 160 Å². The lowest BCUT2D eigenvalue weighted by Crippen LogP contribution is -2.35. The molecule has 1 atom stereocenters. The third-order valence-electron chi connectivity index (χ3n) is 4.49. The van der Waals surface area contributed by atoms with Crippen LogP contribution in [0.2, 0.25) is 0 Å². The second-order valence-electron chi connectivity index (χ2n) is 7.69. The van der Waals surface area contributed by atoms with Crippen molar-refractivity contribution in [3.8, 4) is 0 Å². The van der Waals surface area contributed by atoms with Gasteiger partial charge in [-0.25, -0.2) is 0 Å². The van der Waals surface area contributed by atoms with Gasteiger partial charge in [0.25, 0.3) is 11.8 Å². The van der Waals surface area contributed by atoms with Crippen LogP contribution in [0.5, 0.6) is 0 Å². The fraction of sp³-hybridized carbons (Fsp3) is 0.364. The highest BCUT2D eigenvalue weighted by molar-refractivity contribution is 5.99. The summed E-state index contributed by atoms with van der Waals surface area (Å²) in [5.74, 6) is 0.346. The van der Waals surface area contributed by atoms with Crippen molar-refractivity contribution in [1.29, 1.82) is 0 Å². The monoisotopic (exact) mass is 365 g/mol. The summed E-state index contributed by atoms with van der Waals surface area (Å²) in [5.41, 5.74) is 3.24. The molecule has 142 valence electrons. The average molecular weight is 365 g/mol. The Morgan fingerprint density at radius 3 is 2.33 bits per heavy atom. The molecule has 2 amide bonds. The van der Waals surface area contributed by atoms with E-state index >= 15 is 0 Å². The van der Waals surface area contributed by atoms with Gasteiger partial charge in [-0.15, -0.1) is 0 Å². The number of hydrogen-bond donors (Lipinski definition) is 2. The van der Waals surface area contributed by atoms with Gasteiger partial charge in [-0.3, -0.25) is 9.59 Å². The van der Waals surface area contributed by atoms with Gasteiger partial charge in [-0.05, 0) is 50.1 Å². The summed E-state index contributed by atoms with van der Waals surface area (Å²) in [6.07, 6.45) is -0.202. The van der Waals surface area contributed by atoms with Crippen LogP contribution in [0, 0.1) is 5.92 Å². The van der Waals surface area contributed by atoms with E-state index in [-0.39, 0.29) is 24.0 Å². The summed E-state index contributed by atoms with van der Waals surface area (Å²) in [6, 6.07) is 15.2. The van der Waals surface area contributed by atoms with E-state index in [0.29, 0.717) is 18.0 Å². The van der Waals surface area contributed by atoms with Gasteiger partial charge in [0.2, 0.25) is 0 Å². The fourth-order valence-corrected chi connectivity index (χ4v) is 3.33. The molecule has 0 aromatic heterocycles. The number of anilines is 1. The SMILES string of the molecule is CC(C)CN1C(=O)c2ccccc2C1Nc1ccc(C(=O)NC(C)C)cc1. The fourth-order valence-electron chi connectivity index (χ4n) is 3.33. The molecule has 0 aliphatic carbocycles. The quantitative estimate of drug-likeness (QED) is 0.812. The molecule has 1 unspecified atom stereocenters. The average Bonchev–Trinajstić information content (AvgIpc) is 2.87. The number of benzene rings is 2. The lowest BCUT2D eigenvalue weighted by atomic mass is 10.1. The van der Waals surface area contributed by atoms with Gasteiger partial charge >= 0.3 is 0 Å². The highest BCUT2D eigenvalue weighted by Gasteiger charge is 2.36. The lowest BCUT2D eigenvalue weighted by Gasteiger charge is -2.28. The van der Waals surface area contributed by atoms with Crippen LogP contribution >= 0.6 is 0 Å². The molecule has 5 nitrogen and oxygen atoms in total. The van der Waals surface area contributed by atoms with Crippen molar-refractivity contribution in [2.75, 3.05) is 11.9 Å². The highest BCUT2D eigenvalue weighted by Crippen LogP contribution is 2.34. The number of rotatable bonds is 6. The maximum Gasteiger partial charge on any atom is 0.256 e. The Hall–Kier alpha value is -2.82. The first-order valence-electron chi connectivity index (χ1n) is 9.44. The van der Waals surface area contributed by atoms with Crippen molar-refractivity contribution in [3.05, 3.63) is 65.2 Å². The standard InChI is InChI=1S/C22H27N3O2/c1-14(2)13-25-20(18-7-5-6-8-19(18)22(25)27)24-17-11-9-16(10-12-17)21(26)23-15(3)4/h5-12,14-15,20,24H,13H2,1-4H3,(H,23,26). The minimum atomic E-state index is -0.202. The van der Waals surface area contributed by atoms with Gasteiger partial charge in [0, 0.05) is 35.0 Å². The molecular formula is C22H27N3O2. The number of amides is 2. The van der Waals surface area contributed by atoms with Crippen molar-refractivity contribution in [3.63, 3.8) is 0 Å². The van der Waals surface area contributed by atoms with Crippen molar-refractivity contribution in [2.24, 2.45) is 5.92 Å². The molecule has 2 N–H and O–H groups in total. The molecule has 27 heavy (non-hydrogen) atoms. The van der Waals surface area contributed by atoms with Crippen LogP contribution in [0.15, 0.2) is 48.5 Å². The molecule has 1 aliphatic rings. The first-order chi connectivity index (χ1) is 12.9. The van der Waals surface area contributed by atoms with E-state index in [1.54, 1.807) is 12.1 Å². The number of carbonyl (C=O) groups is 2. The van der Waals surface area contributed by atoms with Crippen LogP contribution < -0.4 is 10.6 Å². The summed E-state index contributed by atoms with van der Waals surface area (Å²) in [4.78, 5) is 26.8. The summed E-state index contributed by atoms with van der Waals surface area (Å²) in [7, 11) is 0. The lowest BCUT2D eigenvalue weighted by molar-refractivity contribution is 0.0720. The largest absolute Gasteiger partial charge is 0.361 e. The van der Waals surface area contributed by atoms with Crippen LogP contribution in [0.4, 0.5) is 5.69 Å². The molecule has 0 saturated heterocycles. The number of nitrogens with one attached hydrogen (secondary N) is 2. The molecule has 0 bridgehead atoms. The zero-order chi connectivity index (χ0) is 19.6. The zero-order valence-electron chi connectivity index (χ0n) is 16.3. The van der Waals surface area contributed by atoms with Crippen molar-refractivity contribution >= 4 is 17.5 Å². The van der Waals surface area contributed by atoms with Crippen molar-refractivity contribution in [1.82, 2.24) is 10.2 Å². The van der Waals surface area contributed by atoms with Gasteiger partial charge in [-0.2, -0.15) is 0 Å². The summed E-state index contributed by atoms with van der Waals surface area (Å²) in [5, 5.41) is 6.35. The second-order valence-corrected chi connectivity index (χ2v) is 7.69. The smallest absolute Gasteiger partial charge is 0.256 e. The molecule has 1 heterocycles. The van der Waals surface area contributed by atoms with Gasteiger partial charge in [0.15, 0.2) is 0 Å². The Morgan fingerprint density at radius 1 is 1.04 bits per heavy atom. The maximum absolute atomic E-state index is 12.8. The van der Waals surface area contributed by atoms with E-state index in [1.807, 2.05) is 55.1 Å². The Morgan fingerprint density at radius 2 is 1.70 bits per heavy atom. The summed E-state index contributed by atoms with van der Waals surface area (Å²) >= 11 is 0. The first-order valence-corrected chi connectivity index (χ1v) is 9.44. The second kappa shape index (κ2) is 7.82. The molecular weight excluding hydrogens is 338 g/mol. The van der Waals surface area contributed by atoms with Gasteiger partial charge in [-0.1, -0.05) is 32.0 Å². The van der Waals surface area contributed by atoms with E-state index in [0.717, 1.165) is 16.8 Å². The van der Waals surface area contributed by atoms with Crippen LogP contribution in [0.1, 0.15) is 60.1 Å². The molecule has 5 heteroatoms. The van der Waals surface area contributed by atoms with E-state index in [2.05, 4.69) is 24.5 Å². The maximum atomic E-state index is 12.8. The molecule has 0 radical (unpaired) electrons. The van der Waals surface area contributed by atoms with Crippen molar-refractivity contribution in [2.45, 2.75) is 39.9 Å². The molecule has 0 spiro atoms. The van der Waals surface area contributed by atoms with E-state index < -0.39 is 0 Å². The normalized spacial score (nSPS) is 16.0. The summed E-state index contributed by atoms with van der Waals surface area (Å²) in [6.45, 7) is 8.77. The zero-order valence-corrected chi connectivity index (χ0v) is 16.3. The molecule has 1 aliphatic heterocycles.